The molecule has 0 aliphatic carbocycles. The molecule has 1 aromatic carbocycles. The second-order valence-corrected chi connectivity index (χ2v) is 3.22. The summed E-state index contributed by atoms with van der Waals surface area (Å²) in [6.45, 7) is 0.342. The Morgan fingerprint density at radius 2 is 2.00 bits per heavy atom. The van der Waals surface area contributed by atoms with E-state index in [-0.39, 0.29) is 6.61 Å². The maximum atomic E-state index is 8.57. The molecule has 1 rings (SSSR count). The van der Waals surface area contributed by atoms with Crippen LogP contribution in [0.3, 0.4) is 0 Å². The van der Waals surface area contributed by atoms with Gasteiger partial charge >= 0.3 is 0 Å². The van der Waals surface area contributed by atoms with Crippen molar-refractivity contribution >= 4 is 11.6 Å². The summed E-state index contributed by atoms with van der Waals surface area (Å²) in [5.41, 5.74) is 0.941. The SMILES string of the molecule is OCCOc1ccc(C#CCCCl)cc1. The molecule has 1 N–H and O–H groups in total. The summed E-state index contributed by atoms with van der Waals surface area (Å²) in [5, 5.41) is 8.57. The second kappa shape index (κ2) is 7.17. The van der Waals surface area contributed by atoms with E-state index in [1.54, 1.807) is 0 Å². The summed E-state index contributed by atoms with van der Waals surface area (Å²) in [4.78, 5) is 0. The van der Waals surface area contributed by atoms with Crippen LogP contribution in [0.4, 0.5) is 0 Å². The quantitative estimate of drug-likeness (QED) is 0.627. The summed E-state index contributed by atoms with van der Waals surface area (Å²) in [5.74, 6) is 7.24. The fourth-order valence-electron chi connectivity index (χ4n) is 1.01. The molecule has 0 radical (unpaired) electrons. The molecule has 3 heteroatoms. The number of alkyl halides is 1. The predicted molar refractivity (Wildman–Crippen MR) is 61.2 cm³/mol. The number of halogens is 1. The Hall–Kier alpha value is -1.17. The Kier molecular flexibility index (Phi) is 5.69. The van der Waals surface area contributed by atoms with E-state index >= 15 is 0 Å². The number of benzene rings is 1. The third kappa shape index (κ3) is 4.73. The fraction of sp³-hybridized carbons (Fsp3) is 0.333. The van der Waals surface area contributed by atoms with E-state index in [1.807, 2.05) is 24.3 Å². The summed E-state index contributed by atoms with van der Waals surface area (Å²) in [6, 6.07) is 7.43. The molecule has 15 heavy (non-hydrogen) atoms. The lowest BCUT2D eigenvalue weighted by Gasteiger charge is -2.02. The van der Waals surface area contributed by atoms with Gasteiger partial charge in [-0.1, -0.05) is 11.8 Å². The van der Waals surface area contributed by atoms with Crippen molar-refractivity contribution in [2.24, 2.45) is 0 Å². The standard InChI is InChI=1S/C12H13ClO2/c13-8-2-1-3-11-4-6-12(7-5-11)15-10-9-14/h4-7,14H,2,8-10H2. The van der Waals surface area contributed by atoms with E-state index < -0.39 is 0 Å². The first-order valence-corrected chi connectivity index (χ1v) is 5.29. The number of aliphatic hydroxyl groups is 1. The van der Waals surface area contributed by atoms with Crippen LogP contribution in [0.1, 0.15) is 12.0 Å². The van der Waals surface area contributed by atoms with Gasteiger partial charge in [0.25, 0.3) is 0 Å². The van der Waals surface area contributed by atoms with Crippen LogP contribution in [0, 0.1) is 11.8 Å². The number of ether oxygens (including phenoxy) is 1. The first kappa shape index (κ1) is 11.9. The van der Waals surface area contributed by atoms with E-state index in [4.69, 9.17) is 21.4 Å². The van der Waals surface area contributed by atoms with E-state index in [2.05, 4.69) is 11.8 Å². The normalized spacial score (nSPS) is 9.20. The number of hydrogen-bond donors (Lipinski definition) is 1. The van der Waals surface area contributed by atoms with Gasteiger partial charge in [-0.2, -0.15) is 0 Å². The lowest BCUT2D eigenvalue weighted by Crippen LogP contribution is -2.01. The van der Waals surface area contributed by atoms with E-state index in [0.717, 1.165) is 11.3 Å². The minimum Gasteiger partial charge on any atom is -0.491 e. The van der Waals surface area contributed by atoms with Gasteiger partial charge in [0.1, 0.15) is 12.4 Å². The number of hydrogen-bond acceptors (Lipinski definition) is 2. The number of rotatable bonds is 4. The summed E-state index contributed by atoms with van der Waals surface area (Å²) < 4.78 is 5.22. The zero-order chi connectivity index (χ0) is 10.9. The maximum absolute atomic E-state index is 8.57. The largest absolute Gasteiger partial charge is 0.491 e. The lowest BCUT2D eigenvalue weighted by atomic mass is 10.2. The van der Waals surface area contributed by atoms with Crippen molar-refractivity contribution < 1.29 is 9.84 Å². The molecule has 0 saturated carbocycles. The lowest BCUT2D eigenvalue weighted by molar-refractivity contribution is 0.201. The molecule has 0 amide bonds. The smallest absolute Gasteiger partial charge is 0.119 e. The molecule has 0 aromatic heterocycles. The highest BCUT2D eigenvalue weighted by atomic mass is 35.5. The number of aliphatic hydroxyl groups excluding tert-OH is 1. The molecule has 0 atom stereocenters. The van der Waals surface area contributed by atoms with Crippen molar-refractivity contribution in [1.82, 2.24) is 0 Å². The zero-order valence-electron chi connectivity index (χ0n) is 8.37. The molecular formula is C12H13ClO2. The third-order valence-electron chi connectivity index (χ3n) is 1.67. The maximum Gasteiger partial charge on any atom is 0.119 e. The summed E-state index contributed by atoms with van der Waals surface area (Å²) >= 11 is 5.50. The molecule has 0 unspecified atom stereocenters. The molecule has 0 bridgehead atoms. The highest BCUT2D eigenvalue weighted by Gasteiger charge is 1.92. The molecule has 1 aromatic rings. The Labute approximate surface area is 94.8 Å². The van der Waals surface area contributed by atoms with E-state index in [9.17, 15) is 0 Å². The molecule has 0 aliphatic heterocycles. The third-order valence-corrected chi connectivity index (χ3v) is 1.86. The first-order chi connectivity index (χ1) is 7.36. The molecular weight excluding hydrogens is 212 g/mol. The minimum absolute atomic E-state index is 0.0251. The van der Waals surface area contributed by atoms with Crippen LogP contribution < -0.4 is 4.74 Å². The van der Waals surface area contributed by atoms with Crippen LogP contribution >= 0.6 is 11.6 Å². The highest BCUT2D eigenvalue weighted by Crippen LogP contribution is 2.11. The van der Waals surface area contributed by atoms with Gasteiger partial charge in [-0.15, -0.1) is 11.6 Å². The molecule has 0 fully saturated rings. The molecule has 0 saturated heterocycles. The van der Waals surface area contributed by atoms with Crippen molar-refractivity contribution in [3.8, 4) is 17.6 Å². The molecule has 0 spiro atoms. The van der Waals surface area contributed by atoms with Gasteiger partial charge in [0.15, 0.2) is 0 Å². The molecule has 0 heterocycles. The zero-order valence-corrected chi connectivity index (χ0v) is 9.13. The Morgan fingerprint density at radius 1 is 1.27 bits per heavy atom. The summed E-state index contributed by atoms with van der Waals surface area (Å²) in [6.07, 6.45) is 0.699. The molecule has 80 valence electrons. The molecule has 0 aliphatic rings. The van der Waals surface area contributed by atoms with Crippen molar-refractivity contribution in [3.63, 3.8) is 0 Å². The first-order valence-electron chi connectivity index (χ1n) is 4.75. The van der Waals surface area contributed by atoms with E-state index in [1.165, 1.54) is 0 Å². The van der Waals surface area contributed by atoms with Crippen molar-refractivity contribution in [1.29, 1.82) is 0 Å². The monoisotopic (exact) mass is 224 g/mol. The van der Waals surface area contributed by atoms with Gasteiger partial charge in [-0.05, 0) is 24.3 Å². The van der Waals surface area contributed by atoms with Crippen LogP contribution in [0.25, 0.3) is 0 Å². The van der Waals surface area contributed by atoms with Crippen LogP contribution in [-0.4, -0.2) is 24.2 Å². The average molecular weight is 225 g/mol. The van der Waals surface area contributed by atoms with E-state index in [0.29, 0.717) is 18.9 Å². The summed E-state index contributed by atoms with van der Waals surface area (Å²) in [7, 11) is 0. The highest BCUT2D eigenvalue weighted by molar-refractivity contribution is 6.18. The Balaban J connectivity index is 2.53. The predicted octanol–water partition coefficient (Wildman–Crippen LogP) is 2.04. The van der Waals surface area contributed by atoms with Crippen molar-refractivity contribution in [2.45, 2.75) is 6.42 Å². The van der Waals surface area contributed by atoms with Crippen LogP contribution in [0.2, 0.25) is 0 Å². The average Bonchev–Trinajstić information content (AvgIpc) is 2.28. The topological polar surface area (TPSA) is 29.5 Å². The van der Waals surface area contributed by atoms with Gasteiger partial charge in [-0.3, -0.25) is 0 Å². The van der Waals surface area contributed by atoms with Gasteiger partial charge < -0.3 is 9.84 Å². The van der Waals surface area contributed by atoms with Gasteiger partial charge in [0.05, 0.1) is 6.61 Å². The van der Waals surface area contributed by atoms with Crippen LogP contribution in [0.15, 0.2) is 24.3 Å². The van der Waals surface area contributed by atoms with Gasteiger partial charge in [-0.25, -0.2) is 0 Å². The molecule has 2 nitrogen and oxygen atoms in total. The van der Waals surface area contributed by atoms with Gasteiger partial charge in [0.2, 0.25) is 0 Å². The van der Waals surface area contributed by atoms with Crippen LogP contribution in [-0.2, 0) is 0 Å². The van der Waals surface area contributed by atoms with Crippen LogP contribution in [0.5, 0.6) is 5.75 Å². The Bertz CT molecular complexity index is 335. The van der Waals surface area contributed by atoms with Crippen molar-refractivity contribution in [2.75, 3.05) is 19.1 Å². The van der Waals surface area contributed by atoms with Crippen molar-refractivity contribution in [3.05, 3.63) is 29.8 Å². The van der Waals surface area contributed by atoms with Gasteiger partial charge in [0, 0.05) is 17.9 Å². The Morgan fingerprint density at radius 3 is 2.60 bits per heavy atom. The second-order valence-electron chi connectivity index (χ2n) is 2.84. The minimum atomic E-state index is 0.0251. The fourth-order valence-corrected chi connectivity index (χ4v) is 1.10.